The molecular weight excluding hydrogens is 302 g/mol. The molecular formula is C15H18BrN3. The van der Waals surface area contributed by atoms with Crippen molar-refractivity contribution in [2.45, 2.75) is 20.4 Å². The van der Waals surface area contributed by atoms with Crippen LogP contribution < -0.4 is 10.6 Å². The van der Waals surface area contributed by atoms with E-state index < -0.39 is 0 Å². The van der Waals surface area contributed by atoms with Gasteiger partial charge in [-0.2, -0.15) is 0 Å². The number of rotatable bonds is 4. The number of nitrogens with zero attached hydrogens (tertiary/aromatic N) is 2. The highest BCUT2D eigenvalue weighted by Crippen LogP contribution is 2.25. The van der Waals surface area contributed by atoms with Gasteiger partial charge in [0.15, 0.2) is 5.82 Å². The molecule has 100 valence electrons. The van der Waals surface area contributed by atoms with Gasteiger partial charge in [-0.1, -0.05) is 24.3 Å². The molecule has 0 saturated carbocycles. The average Bonchev–Trinajstić information content (AvgIpc) is 2.39. The predicted octanol–water partition coefficient (Wildman–Crippen LogP) is 3.76. The van der Waals surface area contributed by atoms with Gasteiger partial charge in [0.25, 0.3) is 0 Å². The lowest BCUT2D eigenvalue weighted by Crippen LogP contribution is -2.24. The minimum Gasteiger partial charge on any atom is -0.396 e. The Morgan fingerprint density at radius 1 is 1.32 bits per heavy atom. The molecule has 2 N–H and O–H groups in total. The first kappa shape index (κ1) is 13.9. The first-order chi connectivity index (χ1) is 9.11. The molecule has 1 aromatic carbocycles. The summed E-state index contributed by atoms with van der Waals surface area (Å²) in [5.41, 5.74) is 9.34. The Balaban J connectivity index is 2.28. The summed E-state index contributed by atoms with van der Waals surface area (Å²) in [6.45, 7) is 5.93. The van der Waals surface area contributed by atoms with Crippen molar-refractivity contribution in [1.82, 2.24) is 4.98 Å². The Morgan fingerprint density at radius 2 is 2.05 bits per heavy atom. The fourth-order valence-electron chi connectivity index (χ4n) is 2.04. The Hall–Kier alpha value is -1.55. The SMILES string of the molecule is CCN(Cc1ccccc1C)c1ncc(Br)cc1N. The third kappa shape index (κ3) is 3.26. The zero-order valence-electron chi connectivity index (χ0n) is 11.2. The molecule has 4 heteroatoms. The minimum absolute atomic E-state index is 0.699. The Labute approximate surface area is 122 Å². The minimum atomic E-state index is 0.699. The second-order valence-electron chi connectivity index (χ2n) is 4.51. The first-order valence-electron chi connectivity index (χ1n) is 6.32. The van der Waals surface area contributed by atoms with Gasteiger partial charge in [-0.05, 0) is 47.0 Å². The van der Waals surface area contributed by atoms with E-state index in [1.807, 2.05) is 6.07 Å². The van der Waals surface area contributed by atoms with E-state index in [9.17, 15) is 0 Å². The van der Waals surface area contributed by atoms with Crippen LogP contribution in [0.4, 0.5) is 11.5 Å². The summed E-state index contributed by atoms with van der Waals surface area (Å²) in [5.74, 6) is 0.842. The summed E-state index contributed by atoms with van der Waals surface area (Å²) < 4.78 is 0.903. The molecule has 0 fully saturated rings. The lowest BCUT2D eigenvalue weighted by atomic mass is 10.1. The molecule has 0 aliphatic heterocycles. The molecule has 0 radical (unpaired) electrons. The molecule has 0 unspecified atom stereocenters. The Bertz CT molecular complexity index is 569. The number of hydrogen-bond acceptors (Lipinski definition) is 3. The third-order valence-electron chi connectivity index (χ3n) is 3.17. The largest absolute Gasteiger partial charge is 0.396 e. The zero-order chi connectivity index (χ0) is 13.8. The van der Waals surface area contributed by atoms with Crippen LogP contribution in [0.5, 0.6) is 0 Å². The van der Waals surface area contributed by atoms with Crippen LogP contribution in [0.3, 0.4) is 0 Å². The number of aromatic nitrogens is 1. The summed E-state index contributed by atoms with van der Waals surface area (Å²) >= 11 is 3.38. The fourth-order valence-corrected chi connectivity index (χ4v) is 2.39. The second kappa shape index (κ2) is 6.06. The van der Waals surface area contributed by atoms with Crippen LogP contribution >= 0.6 is 15.9 Å². The van der Waals surface area contributed by atoms with Gasteiger partial charge in [0.05, 0.1) is 5.69 Å². The quantitative estimate of drug-likeness (QED) is 0.932. The van der Waals surface area contributed by atoms with E-state index in [1.54, 1.807) is 6.20 Å². The van der Waals surface area contributed by atoms with Crippen molar-refractivity contribution >= 4 is 27.4 Å². The van der Waals surface area contributed by atoms with Crippen LogP contribution in [-0.4, -0.2) is 11.5 Å². The molecule has 0 amide bonds. The van der Waals surface area contributed by atoms with Gasteiger partial charge in [0.1, 0.15) is 0 Å². The van der Waals surface area contributed by atoms with Crippen molar-refractivity contribution in [3.63, 3.8) is 0 Å². The highest BCUT2D eigenvalue weighted by molar-refractivity contribution is 9.10. The molecule has 0 atom stereocenters. The zero-order valence-corrected chi connectivity index (χ0v) is 12.8. The van der Waals surface area contributed by atoms with Crippen LogP contribution in [0.15, 0.2) is 41.0 Å². The number of nitrogen functional groups attached to an aromatic ring is 1. The maximum atomic E-state index is 6.06. The van der Waals surface area contributed by atoms with E-state index in [4.69, 9.17) is 5.73 Å². The topological polar surface area (TPSA) is 42.2 Å². The molecule has 0 aliphatic rings. The number of aryl methyl sites for hydroxylation is 1. The summed E-state index contributed by atoms with van der Waals surface area (Å²) in [6, 6.07) is 10.3. The maximum Gasteiger partial charge on any atom is 0.152 e. The van der Waals surface area contributed by atoms with E-state index >= 15 is 0 Å². The second-order valence-corrected chi connectivity index (χ2v) is 5.42. The molecule has 1 heterocycles. The van der Waals surface area contributed by atoms with E-state index in [2.05, 4.69) is 63.9 Å². The van der Waals surface area contributed by atoms with E-state index in [0.29, 0.717) is 5.69 Å². The highest BCUT2D eigenvalue weighted by atomic mass is 79.9. The van der Waals surface area contributed by atoms with Crippen LogP contribution in [-0.2, 0) is 6.54 Å². The van der Waals surface area contributed by atoms with Gasteiger partial charge in [0, 0.05) is 23.8 Å². The van der Waals surface area contributed by atoms with Crippen molar-refractivity contribution < 1.29 is 0 Å². The molecule has 2 aromatic rings. The lowest BCUT2D eigenvalue weighted by molar-refractivity contribution is 0.811. The molecule has 0 spiro atoms. The van der Waals surface area contributed by atoms with Gasteiger partial charge >= 0.3 is 0 Å². The van der Waals surface area contributed by atoms with E-state index in [-0.39, 0.29) is 0 Å². The summed E-state index contributed by atoms with van der Waals surface area (Å²) in [7, 11) is 0. The highest BCUT2D eigenvalue weighted by Gasteiger charge is 2.11. The molecule has 1 aromatic heterocycles. The number of halogens is 1. The van der Waals surface area contributed by atoms with Gasteiger partial charge in [-0.3, -0.25) is 0 Å². The third-order valence-corrected chi connectivity index (χ3v) is 3.60. The summed E-state index contributed by atoms with van der Waals surface area (Å²) in [4.78, 5) is 6.61. The van der Waals surface area contributed by atoms with Crippen LogP contribution in [0.25, 0.3) is 0 Å². The number of pyridine rings is 1. The van der Waals surface area contributed by atoms with Crippen molar-refractivity contribution in [3.05, 3.63) is 52.1 Å². The molecule has 19 heavy (non-hydrogen) atoms. The lowest BCUT2D eigenvalue weighted by Gasteiger charge is -2.24. The van der Waals surface area contributed by atoms with Gasteiger partial charge in [0.2, 0.25) is 0 Å². The number of hydrogen-bond donors (Lipinski definition) is 1. The molecule has 3 nitrogen and oxygen atoms in total. The van der Waals surface area contributed by atoms with Crippen molar-refractivity contribution in [1.29, 1.82) is 0 Å². The van der Waals surface area contributed by atoms with Crippen molar-refractivity contribution in [3.8, 4) is 0 Å². The fraction of sp³-hybridized carbons (Fsp3) is 0.267. The summed E-state index contributed by atoms with van der Waals surface area (Å²) in [6.07, 6.45) is 1.78. The number of nitrogens with two attached hydrogens (primary N) is 1. The molecule has 2 rings (SSSR count). The average molecular weight is 320 g/mol. The van der Waals surface area contributed by atoms with Gasteiger partial charge in [-0.25, -0.2) is 4.98 Å². The maximum absolute atomic E-state index is 6.06. The van der Waals surface area contributed by atoms with Crippen LogP contribution in [0.2, 0.25) is 0 Å². The van der Waals surface area contributed by atoms with Crippen LogP contribution in [0.1, 0.15) is 18.1 Å². The van der Waals surface area contributed by atoms with E-state index in [0.717, 1.165) is 23.4 Å². The normalized spacial score (nSPS) is 10.5. The van der Waals surface area contributed by atoms with E-state index in [1.165, 1.54) is 11.1 Å². The van der Waals surface area contributed by atoms with Crippen LogP contribution in [0, 0.1) is 6.92 Å². The molecule has 0 bridgehead atoms. The van der Waals surface area contributed by atoms with Gasteiger partial charge in [-0.15, -0.1) is 0 Å². The predicted molar refractivity (Wildman–Crippen MR) is 84.3 cm³/mol. The molecule has 0 aliphatic carbocycles. The number of anilines is 2. The first-order valence-corrected chi connectivity index (χ1v) is 7.11. The van der Waals surface area contributed by atoms with Gasteiger partial charge < -0.3 is 10.6 Å². The van der Waals surface area contributed by atoms with Crippen molar-refractivity contribution in [2.24, 2.45) is 0 Å². The Morgan fingerprint density at radius 3 is 2.68 bits per heavy atom. The standard InChI is InChI=1S/C15H18BrN3/c1-3-19(10-12-7-5-4-6-11(12)2)15-14(17)8-13(16)9-18-15/h4-9H,3,10,17H2,1-2H3. The number of benzene rings is 1. The molecule has 0 saturated heterocycles. The smallest absolute Gasteiger partial charge is 0.152 e. The Kier molecular flexibility index (Phi) is 4.43. The monoisotopic (exact) mass is 319 g/mol. The summed E-state index contributed by atoms with van der Waals surface area (Å²) in [5, 5.41) is 0. The van der Waals surface area contributed by atoms with Crippen molar-refractivity contribution in [2.75, 3.05) is 17.2 Å².